The molecule has 5 aromatic rings. The Morgan fingerprint density at radius 2 is 1.43 bits per heavy atom. The molecular formula is C34H29N3O5. The van der Waals surface area contributed by atoms with Gasteiger partial charge in [0.2, 0.25) is 5.91 Å². The van der Waals surface area contributed by atoms with Crippen molar-refractivity contribution in [2.24, 2.45) is 0 Å². The Morgan fingerprint density at radius 3 is 2.17 bits per heavy atom. The van der Waals surface area contributed by atoms with Crippen LogP contribution in [0.15, 0.2) is 115 Å². The number of hydrogen-bond acceptors (Lipinski definition) is 5. The summed E-state index contributed by atoms with van der Waals surface area (Å²) in [5.74, 6) is -0.619. The number of rotatable bonds is 9. The number of nitrogens with one attached hydrogen (secondary N) is 3. The molecular weight excluding hydrogens is 530 g/mol. The van der Waals surface area contributed by atoms with E-state index in [1.54, 1.807) is 67.8 Å². The summed E-state index contributed by atoms with van der Waals surface area (Å²) in [6, 6.07) is 32.1. The summed E-state index contributed by atoms with van der Waals surface area (Å²) in [5, 5.41) is 20.3. The number of anilines is 2. The molecule has 8 nitrogen and oxygen atoms in total. The zero-order chi connectivity index (χ0) is 29.5. The predicted octanol–water partition coefficient (Wildman–Crippen LogP) is 5.79. The molecule has 0 heterocycles. The van der Waals surface area contributed by atoms with E-state index in [2.05, 4.69) is 16.0 Å². The van der Waals surface area contributed by atoms with E-state index in [1.807, 2.05) is 42.5 Å². The van der Waals surface area contributed by atoms with Gasteiger partial charge in [-0.05, 0) is 77.0 Å². The van der Waals surface area contributed by atoms with E-state index in [0.29, 0.717) is 22.7 Å². The van der Waals surface area contributed by atoms with Crippen molar-refractivity contribution in [2.75, 3.05) is 17.7 Å². The fourth-order valence-electron chi connectivity index (χ4n) is 4.54. The van der Waals surface area contributed by atoms with Gasteiger partial charge in [-0.15, -0.1) is 0 Å². The van der Waals surface area contributed by atoms with Gasteiger partial charge in [-0.25, -0.2) is 0 Å². The first-order valence-corrected chi connectivity index (χ1v) is 13.3. The number of phenols is 1. The summed E-state index contributed by atoms with van der Waals surface area (Å²) in [7, 11) is 1.54. The van der Waals surface area contributed by atoms with Crippen LogP contribution in [0.25, 0.3) is 10.8 Å². The normalized spacial score (nSPS) is 11.4. The van der Waals surface area contributed by atoms with Crippen molar-refractivity contribution in [3.63, 3.8) is 0 Å². The molecule has 0 aromatic heterocycles. The number of benzene rings is 5. The van der Waals surface area contributed by atoms with Crippen LogP contribution in [0.3, 0.4) is 0 Å². The van der Waals surface area contributed by atoms with Crippen molar-refractivity contribution in [1.82, 2.24) is 5.32 Å². The third kappa shape index (κ3) is 6.74. The van der Waals surface area contributed by atoms with Crippen LogP contribution in [0, 0.1) is 0 Å². The molecule has 1 atom stereocenters. The molecule has 3 amide bonds. The number of aromatic hydroxyl groups is 1. The minimum absolute atomic E-state index is 0.0986. The molecule has 0 aliphatic heterocycles. The number of hydrogen-bond donors (Lipinski definition) is 4. The van der Waals surface area contributed by atoms with Crippen molar-refractivity contribution in [1.29, 1.82) is 0 Å². The summed E-state index contributed by atoms with van der Waals surface area (Å²) in [4.78, 5) is 40.0. The molecule has 8 heteroatoms. The van der Waals surface area contributed by atoms with Crippen molar-refractivity contribution in [3.05, 3.63) is 132 Å². The summed E-state index contributed by atoms with van der Waals surface area (Å²) in [5.41, 5.74) is 2.23. The quantitative estimate of drug-likeness (QED) is 0.183. The average molecular weight is 560 g/mol. The number of phenolic OH excluding ortho intramolecular Hbond substituents is 1. The van der Waals surface area contributed by atoms with Gasteiger partial charge in [0.05, 0.1) is 18.4 Å². The zero-order valence-electron chi connectivity index (χ0n) is 22.8. The Hall–Kier alpha value is -5.63. The molecule has 0 aliphatic rings. The Kier molecular flexibility index (Phi) is 8.44. The van der Waals surface area contributed by atoms with Gasteiger partial charge in [0.1, 0.15) is 17.5 Å². The van der Waals surface area contributed by atoms with Gasteiger partial charge in [-0.3, -0.25) is 14.4 Å². The maximum Gasteiger partial charge on any atom is 0.255 e. The minimum atomic E-state index is -0.959. The zero-order valence-corrected chi connectivity index (χ0v) is 22.8. The molecule has 0 bridgehead atoms. The van der Waals surface area contributed by atoms with Crippen LogP contribution < -0.4 is 20.7 Å². The Bertz CT molecular complexity index is 1730. The molecule has 0 saturated heterocycles. The number of para-hydroxylation sites is 1. The highest BCUT2D eigenvalue weighted by Crippen LogP contribution is 2.21. The second-order valence-corrected chi connectivity index (χ2v) is 9.68. The molecule has 5 aromatic carbocycles. The maximum absolute atomic E-state index is 13.6. The van der Waals surface area contributed by atoms with Crippen molar-refractivity contribution < 1.29 is 24.2 Å². The first-order chi connectivity index (χ1) is 20.4. The third-order valence-corrected chi connectivity index (χ3v) is 6.79. The van der Waals surface area contributed by atoms with Crippen molar-refractivity contribution >= 4 is 39.9 Å². The van der Waals surface area contributed by atoms with Gasteiger partial charge in [0.25, 0.3) is 11.8 Å². The van der Waals surface area contributed by atoms with Gasteiger partial charge < -0.3 is 25.8 Å². The smallest absolute Gasteiger partial charge is 0.255 e. The van der Waals surface area contributed by atoms with E-state index in [4.69, 9.17) is 4.74 Å². The molecule has 0 radical (unpaired) electrons. The Morgan fingerprint density at radius 1 is 0.738 bits per heavy atom. The number of carbonyl (C=O) groups excluding carboxylic acids is 3. The first kappa shape index (κ1) is 27.9. The lowest BCUT2D eigenvalue weighted by Gasteiger charge is -2.20. The fourth-order valence-corrected chi connectivity index (χ4v) is 4.54. The van der Waals surface area contributed by atoms with E-state index in [1.165, 1.54) is 12.1 Å². The van der Waals surface area contributed by atoms with Crippen LogP contribution in [0.2, 0.25) is 0 Å². The van der Waals surface area contributed by atoms with E-state index in [0.717, 1.165) is 16.3 Å². The molecule has 4 N–H and O–H groups in total. The van der Waals surface area contributed by atoms with Crippen LogP contribution in [0.1, 0.15) is 26.3 Å². The van der Waals surface area contributed by atoms with Gasteiger partial charge in [-0.2, -0.15) is 0 Å². The van der Waals surface area contributed by atoms with Crippen LogP contribution >= 0.6 is 0 Å². The molecule has 210 valence electrons. The van der Waals surface area contributed by atoms with Crippen LogP contribution in [-0.4, -0.2) is 36.0 Å². The largest absolute Gasteiger partial charge is 0.508 e. The lowest BCUT2D eigenvalue weighted by atomic mass is 10.0. The topological polar surface area (TPSA) is 117 Å². The number of carbonyl (C=O) groups is 3. The van der Waals surface area contributed by atoms with Gasteiger partial charge in [-0.1, -0.05) is 54.6 Å². The predicted molar refractivity (Wildman–Crippen MR) is 163 cm³/mol. The van der Waals surface area contributed by atoms with Gasteiger partial charge in [0.15, 0.2) is 0 Å². The summed E-state index contributed by atoms with van der Waals surface area (Å²) in [6.45, 7) is 0. The maximum atomic E-state index is 13.6. The molecule has 5 rings (SSSR count). The molecule has 0 saturated carbocycles. The molecule has 42 heavy (non-hydrogen) atoms. The summed E-state index contributed by atoms with van der Waals surface area (Å²) >= 11 is 0. The minimum Gasteiger partial charge on any atom is -0.508 e. The lowest BCUT2D eigenvalue weighted by molar-refractivity contribution is -0.118. The summed E-state index contributed by atoms with van der Waals surface area (Å²) in [6.07, 6.45) is 0.172. The number of ether oxygens (including phenoxy) is 1. The monoisotopic (exact) mass is 559 g/mol. The highest BCUT2D eigenvalue weighted by atomic mass is 16.5. The third-order valence-electron chi connectivity index (χ3n) is 6.79. The van der Waals surface area contributed by atoms with Crippen molar-refractivity contribution in [2.45, 2.75) is 12.5 Å². The van der Waals surface area contributed by atoms with E-state index in [9.17, 15) is 19.5 Å². The molecule has 0 aliphatic carbocycles. The number of fused-ring (bicyclic) bond motifs is 1. The van der Waals surface area contributed by atoms with Crippen molar-refractivity contribution in [3.8, 4) is 11.5 Å². The Labute approximate surface area is 243 Å². The Balaban J connectivity index is 1.37. The molecule has 0 fully saturated rings. The number of amides is 3. The highest BCUT2D eigenvalue weighted by Gasteiger charge is 2.24. The van der Waals surface area contributed by atoms with Crippen LogP contribution in [0.4, 0.5) is 11.4 Å². The fraction of sp³-hybridized carbons (Fsp3) is 0.0882. The van der Waals surface area contributed by atoms with Gasteiger partial charge >= 0.3 is 0 Å². The molecule has 0 spiro atoms. The standard InChI is InChI=1S/C34H29N3O5/c1-42-28-18-13-24(14-19-28)32(39)36-30-9-5-4-8-29(30)33(40)37-31(20-22-10-16-27(38)17-11-22)34(41)35-26-15-12-23-6-2-3-7-25(23)21-26/h2-19,21,31,38H,20H2,1H3,(H,35,41)(H,36,39)(H,37,40)/t31-/m0/s1. The van der Waals surface area contributed by atoms with Crippen LogP contribution in [-0.2, 0) is 11.2 Å². The van der Waals surface area contributed by atoms with Crippen LogP contribution in [0.5, 0.6) is 11.5 Å². The summed E-state index contributed by atoms with van der Waals surface area (Å²) < 4.78 is 5.15. The number of methoxy groups -OCH3 is 1. The SMILES string of the molecule is COc1ccc(C(=O)Nc2ccccc2C(=O)N[C@@H](Cc2ccc(O)cc2)C(=O)Nc2ccc3ccccc3c2)cc1. The first-order valence-electron chi connectivity index (χ1n) is 13.3. The second-order valence-electron chi connectivity index (χ2n) is 9.68. The van der Waals surface area contributed by atoms with E-state index >= 15 is 0 Å². The molecule has 0 unspecified atom stereocenters. The van der Waals surface area contributed by atoms with E-state index < -0.39 is 23.8 Å². The lowest BCUT2D eigenvalue weighted by Crippen LogP contribution is -2.45. The second kappa shape index (κ2) is 12.7. The van der Waals surface area contributed by atoms with Gasteiger partial charge in [0, 0.05) is 17.7 Å². The average Bonchev–Trinajstić information content (AvgIpc) is 3.02. The highest BCUT2D eigenvalue weighted by molar-refractivity contribution is 6.10. The van der Waals surface area contributed by atoms with E-state index in [-0.39, 0.29) is 17.7 Å².